The van der Waals surface area contributed by atoms with Gasteiger partial charge in [0.2, 0.25) is 34.4 Å². The Hall–Kier alpha value is -6.76. The molecule has 18 nitrogen and oxygen atoms in total. The first-order valence-electron chi connectivity index (χ1n) is 28.8. The number of thiazole rings is 1. The number of hydrazine groups is 2. The molecule has 0 radical (unpaired) electrons. The van der Waals surface area contributed by atoms with Gasteiger partial charge in [-0.05, 0) is 105 Å². The molecule has 7 heterocycles. The normalized spacial score (nSPS) is 22.0. The number of H-pyrrole nitrogens is 1. The maximum absolute atomic E-state index is 16.2. The molecule has 0 saturated carbocycles. The van der Waals surface area contributed by atoms with Crippen molar-refractivity contribution in [2.45, 2.75) is 124 Å². The Morgan fingerprint density at radius 1 is 0.893 bits per heavy atom. The zero-order valence-corrected chi connectivity index (χ0v) is 50.3. The van der Waals surface area contributed by atoms with E-state index in [0.29, 0.717) is 40.0 Å². The van der Waals surface area contributed by atoms with E-state index in [2.05, 4.69) is 48.9 Å². The fourth-order valence-electron chi connectivity index (χ4n) is 12.9. The number of amides is 3. The van der Waals surface area contributed by atoms with Gasteiger partial charge in [-0.2, -0.15) is 4.41 Å². The molecule has 0 bridgehead atoms. The van der Waals surface area contributed by atoms with Crippen molar-refractivity contribution in [3.05, 3.63) is 119 Å². The molecule has 23 heteroatoms. The molecule has 84 heavy (non-hydrogen) atoms. The fraction of sp³-hybridized carbons (Fsp3) is 0.475. The first kappa shape index (κ1) is 60.4. The van der Waals surface area contributed by atoms with Gasteiger partial charge in [0.25, 0.3) is 0 Å². The molecule has 4 aliphatic rings. The van der Waals surface area contributed by atoms with Crippen LogP contribution in [0.4, 0.5) is 24.5 Å². The summed E-state index contributed by atoms with van der Waals surface area (Å²) in [5.41, 5.74) is 5.17. The van der Waals surface area contributed by atoms with Crippen LogP contribution in [0.1, 0.15) is 107 Å². The Morgan fingerprint density at radius 2 is 1.57 bits per heavy atom. The summed E-state index contributed by atoms with van der Waals surface area (Å²) in [4.78, 5) is 76.3. The van der Waals surface area contributed by atoms with Crippen LogP contribution in [0.2, 0.25) is 0 Å². The third-order valence-corrected chi connectivity index (χ3v) is 18.7. The number of likely N-dealkylation sites (tertiary alicyclic amines) is 1. The SMILES string of the molecule is CC(=O)N([C@H](C(=O)N1C[C@H](O)C[C@H]1C(=O)N[C@@H](C)c1ccc(-c2scnc2C)cc1)C(C)(C)C)N1[C@H](C)CN(CC2CCN(c3ccc(-c4cnc5[nH]cc(C(=O)c6c(F)ccc(N(N7CC[C@@H](F)C7)[SH](=O)=O)c6F)c5c4)cc3)CC2)C[C@@H]1C. The predicted octanol–water partition coefficient (Wildman–Crippen LogP) is 8.09. The molecular formula is C61H74F3N11O7S2. The van der Waals surface area contributed by atoms with E-state index in [-0.39, 0.29) is 73.9 Å². The largest absolute Gasteiger partial charge is 0.391 e. The van der Waals surface area contributed by atoms with Crippen molar-refractivity contribution in [2.24, 2.45) is 11.3 Å². The molecule has 4 fully saturated rings. The zero-order chi connectivity index (χ0) is 60.1. The summed E-state index contributed by atoms with van der Waals surface area (Å²) < 4.78 is 70.8. The van der Waals surface area contributed by atoms with E-state index in [9.17, 15) is 32.3 Å². The lowest BCUT2D eigenvalue weighted by molar-refractivity contribution is -0.191. The Balaban J connectivity index is 0.755. The summed E-state index contributed by atoms with van der Waals surface area (Å²) in [5.74, 6) is -4.18. The number of aromatic amines is 1. The van der Waals surface area contributed by atoms with Crippen molar-refractivity contribution in [1.82, 2.24) is 45.1 Å². The number of aliphatic hydroxyl groups is 1. The average molecular weight is 1190 g/mol. The smallest absolute Gasteiger partial charge is 0.248 e. The number of aryl methyl sites for hydroxylation is 1. The third kappa shape index (κ3) is 12.4. The summed E-state index contributed by atoms with van der Waals surface area (Å²) in [7, 11) is -3.50. The summed E-state index contributed by atoms with van der Waals surface area (Å²) in [6, 6.07) is 16.9. The van der Waals surface area contributed by atoms with E-state index in [1.165, 1.54) is 18.0 Å². The number of piperidine rings is 1. The topological polar surface area (TPSA) is 199 Å². The molecule has 3 N–H and O–H groups in total. The molecule has 3 aromatic carbocycles. The number of hydrogen-bond acceptors (Lipinski definition) is 14. The van der Waals surface area contributed by atoms with Crippen LogP contribution < -0.4 is 14.6 Å². The van der Waals surface area contributed by atoms with E-state index in [1.807, 2.05) is 88.7 Å². The van der Waals surface area contributed by atoms with Gasteiger partial charge in [0.15, 0.2) is 5.82 Å². The Morgan fingerprint density at radius 3 is 2.18 bits per heavy atom. The number of alkyl halides is 1. The number of halogens is 3. The summed E-state index contributed by atoms with van der Waals surface area (Å²) in [6.45, 7) is 18.9. The van der Waals surface area contributed by atoms with E-state index >= 15 is 13.6 Å². The van der Waals surface area contributed by atoms with Crippen LogP contribution in [0.15, 0.2) is 84.6 Å². The van der Waals surface area contributed by atoms with Crippen LogP contribution >= 0.6 is 11.3 Å². The summed E-state index contributed by atoms with van der Waals surface area (Å²) >= 11 is 1.57. The highest BCUT2D eigenvalue weighted by atomic mass is 32.2. The lowest BCUT2D eigenvalue weighted by Crippen LogP contribution is -2.70. The number of anilines is 2. The number of carbonyl (C=O) groups is 4. The van der Waals surface area contributed by atoms with Gasteiger partial charge in [0.1, 0.15) is 35.4 Å². The summed E-state index contributed by atoms with van der Waals surface area (Å²) in [5, 5.41) is 19.2. The number of nitrogens with one attached hydrogen (secondary N) is 2. The zero-order valence-electron chi connectivity index (χ0n) is 48.6. The van der Waals surface area contributed by atoms with Gasteiger partial charge in [0, 0.05) is 106 Å². The van der Waals surface area contributed by atoms with Crippen molar-refractivity contribution in [1.29, 1.82) is 0 Å². The number of ketones is 1. The van der Waals surface area contributed by atoms with E-state index in [0.717, 1.165) is 82.6 Å². The molecular weight excluding hydrogens is 1120 g/mol. The molecule has 0 spiro atoms. The standard InChI is InChI=1S/C61H74F3N11O7S2/c1-35-29-69(30-36(2)73(35)74(39(5)76)57(61(6,7)8)60(80)72-33-47(77)26-52(72)59(79)68-37(3)41-9-11-43(12-10-41)56-38(4)67-34-83-56)31-40-19-22-70(23-20-40)46-15-13-42(14-16-46)44-25-48-49(28-66-58(48)65-27-44)55(78)53-50(63)17-18-51(54(53)64)75(84(81)82)71-24-21-45(62)32-71/h9-18,25,27-28,34-37,40,45,47,52,57,77,84H,19-24,26,29-33H2,1-8H3,(H,65,66)(H,68,79)/t35-,36+,37-,45+,47+,52-,57+/m0/s1. The highest BCUT2D eigenvalue weighted by Crippen LogP contribution is 2.37. The minimum Gasteiger partial charge on any atom is -0.391 e. The number of pyridine rings is 1. The minimum atomic E-state index is -3.50. The predicted molar refractivity (Wildman–Crippen MR) is 318 cm³/mol. The molecule has 0 aliphatic carbocycles. The Labute approximate surface area is 493 Å². The van der Waals surface area contributed by atoms with Gasteiger partial charge < -0.3 is 25.2 Å². The number of piperazine rings is 1. The number of rotatable bonds is 16. The second-order valence-corrected chi connectivity index (χ2v) is 25.9. The number of thiol groups is 1. The molecule has 7 atom stereocenters. The lowest BCUT2D eigenvalue weighted by Gasteiger charge is -2.53. The highest BCUT2D eigenvalue weighted by molar-refractivity contribution is 7.73. The second kappa shape index (κ2) is 24.7. The van der Waals surface area contributed by atoms with Crippen molar-refractivity contribution in [3.63, 3.8) is 0 Å². The van der Waals surface area contributed by atoms with Gasteiger partial charge in [-0.25, -0.2) is 41.6 Å². The van der Waals surface area contributed by atoms with Crippen molar-refractivity contribution >= 4 is 68.1 Å². The number of nitrogens with zero attached hydrogens (tertiary/aromatic N) is 9. The van der Waals surface area contributed by atoms with Gasteiger partial charge in [-0.15, -0.1) is 11.3 Å². The molecule has 10 rings (SSSR count). The maximum atomic E-state index is 16.2. The van der Waals surface area contributed by atoms with Gasteiger partial charge in [-0.3, -0.25) is 29.1 Å². The van der Waals surface area contributed by atoms with Crippen LogP contribution in [0.25, 0.3) is 32.6 Å². The minimum absolute atomic E-state index is 0.00849. The van der Waals surface area contributed by atoms with E-state index in [4.69, 9.17) is 0 Å². The first-order chi connectivity index (χ1) is 40.0. The molecule has 6 aromatic rings. The fourth-order valence-corrected chi connectivity index (χ4v) is 14.4. The number of aromatic nitrogens is 3. The Bertz CT molecular complexity index is 3470. The van der Waals surface area contributed by atoms with E-state index in [1.54, 1.807) is 28.6 Å². The van der Waals surface area contributed by atoms with Crippen LogP contribution in [-0.4, -0.2) is 166 Å². The average Bonchev–Trinajstić information content (AvgIpc) is 4.46. The first-order valence-corrected chi connectivity index (χ1v) is 30.8. The number of β-amino-alcohol motifs (C(OH)–C–C–N with tert-alkyl or cyclic N) is 1. The number of carbonyl (C=O) groups excluding carboxylic acids is 4. The van der Waals surface area contributed by atoms with Crippen molar-refractivity contribution in [2.75, 3.05) is 61.7 Å². The number of aliphatic hydroxyl groups excluding tert-OH is 1. The summed E-state index contributed by atoms with van der Waals surface area (Å²) in [6.07, 6.45) is 2.75. The van der Waals surface area contributed by atoms with Crippen molar-refractivity contribution in [3.8, 4) is 21.6 Å². The monoisotopic (exact) mass is 1190 g/mol. The Kier molecular flexibility index (Phi) is 17.7. The molecule has 4 saturated heterocycles. The van der Waals surface area contributed by atoms with Gasteiger partial charge >= 0.3 is 0 Å². The van der Waals surface area contributed by atoms with E-state index < -0.39 is 69.3 Å². The molecule has 3 aromatic heterocycles. The van der Waals surface area contributed by atoms with Gasteiger partial charge in [-0.1, -0.05) is 57.2 Å². The second-order valence-electron chi connectivity index (χ2n) is 24.2. The van der Waals surface area contributed by atoms with Crippen LogP contribution in [0.5, 0.6) is 0 Å². The quantitative estimate of drug-likeness (QED) is 0.0536. The third-order valence-electron chi connectivity index (χ3n) is 17.0. The lowest BCUT2D eigenvalue weighted by atomic mass is 9.84. The van der Waals surface area contributed by atoms with Gasteiger partial charge in [0.05, 0.1) is 40.3 Å². The highest BCUT2D eigenvalue weighted by Gasteiger charge is 2.50. The van der Waals surface area contributed by atoms with Crippen LogP contribution in [0, 0.1) is 29.9 Å². The number of hydrogen-bond donors (Lipinski definition) is 4. The molecule has 448 valence electrons. The van der Waals surface area contributed by atoms with Crippen LogP contribution in [0.3, 0.4) is 0 Å². The maximum Gasteiger partial charge on any atom is 0.248 e. The van der Waals surface area contributed by atoms with Crippen molar-refractivity contribution < 1.29 is 45.9 Å². The molecule has 0 unspecified atom stereocenters. The number of fused-ring (bicyclic) bond motifs is 1. The van der Waals surface area contributed by atoms with Crippen LogP contribution in [-0.2, 0) is 25.3 Å². The number of benzene rings is 3. The molecule has 4 aliphatic heterocycles. The molecule has 3 amide bonds.